The van der Waals surface area contributed by atoms with E-state index in [0.29, 0.717) is 0 Å². The smallest absolute Gasteiger partial charge is 0.169 e. The van der Waals surface area contributed by atoms with Crippen molar-refractivity contribution in [3.63, 3.8) is 0 Å². The molecule has 152 valence electrons. The summed E-state index contributed by atoms with van der Waals surface area (Å²) < 4.78 is 2.28. The molecule has 5 heterocycles. The van der Waals surface area contributed by atoms with Gasteiger partial charge in [0, 0.05) is 55.4 Å². The Morgan fingerprint density at radius 3 is 2.80 bits per heavy atom. The Bertz CT molecular complexity index is 1190. The fraction of sp³-hybridized carbons (Fsp3) is 0.292. The third-order valence-corrected chi connectivity index (χ3v) is 6.74. The average Bonchev–Trinajstić information content (AvgIpc) is 3.37. The van der Waals surface area contributed by atoms with Crippen molar-refractivity contribution < 1.29 is 0 Å². The highest BCUT2D eigenvalue weighted by atomic mass is 32.1. The van der Waals surface area contributed by atoms with Gasteiger partial charge in [0.1, 0.15) is 5.82 Å². The van der Waals surface area contributed by atoms with Crippen molar-refractivity contribution in [3.05, 3.63) is 81.9 Å². The molecule has 0 spiro atoms. The van der Waals surface area contributed by atoms with Crippen LogP contribution >= 0.6 is 11.3 Å². The molecule has 0 amide bonds. The van der Waals surface area contributed by atoms with E-state index in [1.54, 1.807) is 11.3 Å². The maximum Gasteiger partial charge on any atom is 0.169 e. The van der Waals surface area contributed by atoms with E-state index in [4.69, 9.17) is 4.98 Å². The molecule has 0 saturated heterocycles. The Balaban J connectivity index is 1.37. The Morgan fingerprint density at radius 1 is 1.10 bits per heavy atom. The van der Waals surface area contributed by atoms with Gasteiger partial charge in [-0.3, -0.25) is 4.90 Å². The first-order valence-corrected chi connectivity index (χ1v) is 11.2. The SMILES string of the molecule is Cc1cccnc1-n1c(C)cc(CN2CCc3nc(-c4cccs4)ncc3C2)c1C. The molecule has 0 radical (unpaired) electrons. The monoisotopic (exact) mass is 415 g/mol. The van der Waals surface area contributed by atoms with Gasteiger partial charge < -0.3 is 4.57 Å². The zero-order chi connectivity index (χ0) is 20.7. The number of rotatable bonds is 4. The lowest BCUT2D eigenvalue weighted by Crippen LogP contribution is -2.31. The van der Waals surface area contributed by atoms with Crippen molar-refractivity contribution in [1.29, 1.82) is 0 Å². The van der Waals surface area contributed by atoms with Crippen LogP contribution in [0, 0.1) is 20.8 Å². The quantitative estimate of drug-likeness (QED) is 0.477. The molecule has 0 unspecified atom stereocenters. The molecule has 4 aromatic heterocycles. The third kappa shape index (κ3) is 3.46. The topological polar surface area (TPSA) is 46.8 Å². The van der Waals surface area contributed by atoms with E-state index in [1.807, 2.05) is 24.5 Å². The molecule has 0 aromatic carbocycles. The second kappa shape index (κ2) is 7.78. The van der Waals surface area contributed by atoms with Gasteiger partial charge in [-0.2, -0.15) is 0 Å². The number of nitrogens with zero attached hydrogens (tertiary/aromatic N) is 5. The van der Waals surface area contributed by atoms with Gasteiger partial charge in [0.15, 0.2) is 5.82 Å². The summed E-state index contributed by atoms with van der Waals surface area (Å²) in [5.41, 5.74) is 7.48. The first kappa shape index (κ1) is 19.2. The molecule has 6 heteroatoms. The number of fused-ring (bicyclic) bond motifs is 1. The van der Waals surface area contributed by atoms with Crippen LogP contribution in [0.15, 0.2) is 48.1 Å². The molecule has 5 rings (SSSR count). The lowest BCUT2D eigenvalue weighted by atomic mass is 10.1. The van der Waals surface area contributed by atoms with Crippen LogP contribution in [0.5, 0.6) is 0 Å². The van der Waals surface area contributed by atoms with Crippen LogP contribution in [0.1, 0.15) is 33.8 Å². The predicted molar refractivity (Wildman–Crippen MR) is 121 cm³/mol. The maximum atomic E-state index is 4.84. The van der Waals surface area contributed by atoms with Crippen LogP contribution in [0.25, 0.3) is 16.5 Å². The van der Waals surface area contributed by atoms with Gasteiger partial charge in [-0.15, -0.1) is 11.3 Å². The lowest BCUT2D eigenvalue weighted by Gasteiger charge is -2.28. The third-order valence-electron chi connectivity index (χ3n) is 5.88. The summed E-state index contributed by atoms with van der Waals surface area (Å²) >= 11 is 1.69. The second-order valence-corrected chi connectivity index (χ2v) is 8.93. The van der Waals surface area contributed by atoms with Crippen LogP contribution in [0.2, 0.25) is 0 Å². The summed E-state index contributed by atoms with van der Waals surface area (Å²) in [5.74, 6) is 1.88. The number of thiophene rings is 1. The summed E-state index contributed by atoms with van der Waals surface area (Å²) in [4.78, 5) is 17.7. The van der Waals surface area contributed by atoms with E-state index < -0.39 is 0 Å². The maximum absolute atomic E-state index is 4.84. The van der Waals surface area contributed by atoms with Gasteiger partial charge in [0.25, 0.3) is 0 Å². The van der Waals surface area contributed by atoms with Gasteiger partial charge in [-0.1, -0.05) is 12.1 Å². The van der Waals surface area contributed by atoms with E-state index in [0.717, 1.165) is 42.6 Å². The Hall–Kier alpha value is -2.83. The average molecular weight is 416 g/mol. The number of aromatic nitrogens is 4. The first-order valence-electron chi connectivity index (χ1n) is 10.3. The Kier molecular flexibility index (Phi) is 4.97. The van der Waals surface area contributed by atoms with Crippen LogP contribution in [-0.4, -0.2) is 31.0 Å². The molecule has 30 heavy (non-hydrogen) atoms. The normalized spacial score (nSPS) is 14.1. The number of hydrogen-bond acceptors (Lipinski definition) is 5. The highest BCUT2D eigenvalue weighted by Gasteiger charge is 2.21. The van der Waals surface area contributed by atoms with Crippen molar-refractivity contribution >= 4 is 11.3 Å². The molecule has 0 N–H and O–H groups in total. The number of hydrogen-bond donors (Lipinski definition) is 0. The van der Waals surface area contributed by atoms with E-state index in [9.17, 15) is 0 Å². The molecule has 0 saturated carbocycles. The molecular weight excluding hydrogens is 390 g/mol. The minimum absolute atomic E-state index is 0.853. The summed E-state index contributed by atoms with van der Waals surface area (Å²) in [5, 5.41) is 2.07. The summed E-state index contributed by atoms with van der Waals surface area (Å²) in [7, 11) is 0. The number of aryl methyl sites for hydroxylation is 2. The summed E-state index contributed by atoms with van der Waals surface area (Å²) in [6, 6.07) is 10.5. The molecular formula is C24H25N5S. The van der Waals surface area contributed by atoms with Crippen molar-refractivity contribution in [2.45, 2.75) is 40.3 Å². The highest BCUT2D eigenvalue weighted by Crippen LogP contribution is 2.27. The van der Waals surface area contributed by atoms with Gasteiger partial charge in [-0.05, 0) is 55.5 Å². The molecule has 1 aliphatic rings. The standard InChI is InChI=1S/C24H25N5S/c1-16-6-4-9-25-24(16)29-17(2)12-19(18(29)3)14-28-10-8-21-20(15-28)13-26-23(27-21)22-7-5-11-30-22/h4-7,9,11-13H,8,10,14-15H2,1-3H3. The molecule has 4 aromatic rings. The van der Waals surface area contributed by atoms with Crippen LogP contribution < -0.4 is 0 Å². The summed E-state index contributed by atoms with van der Waals surface area (Å²) in [6.07, 6.45) is 4.85. The highest BCUT2D eigenvalue weighted by molar-refractivity contribution is 7.13. The van der Waals surface area contributed by atoms with Gasteiger partial charge in [-0.25, -0.2) is 15.0 Å². The lowest BCUT2D eigenvalue weighted by molar-refractivity contribution is 0.242. The fourth-order valence-electron chi connectivity index (χ4n) is 4.30. The zero-order valence-electron chi connectivity index (χ0n) is 17.6. The van der Waals surface area contributed by atoms with Crippen LogP contribution in [-0.2, 0) is 19.5 Å². The van der Waals surface area contributed by atoms with Crippen molar-refractivity contribution in [1.82, 2.24) is 24.4 Å². The van der Waals surface area contributed by atoms with Gasteiger partial charge >= 0.3 is 0 Å². The van der Waals surface area contributed by atoms with Crippen molar-refractivity contribution in [3.8, 4) is 16.5 Å². The van der Waals surface area contributed by atoms with Crippen LogP contribution in [0.3, 0.4) is 0 Å². The minimum Gasteiger partial charge on any atom is -0.303 e. The molecule has 0 aliphatic carbocycles. The minimum atomic E-state index is 0.853. The second-order valence-electron chi connectivity index (χ2n) is 7.98. The predicted octanol–water partition coefficient (Wildman–Crippen LogP) is 4.87. The Morgan fingerprint density at radius 2 is 2.00 bits per heavy atom. The van der Waals surface area contributed by atoms with E-state index in [-0.39, 0.29) is 0 Å². The van der Waals surface area contributed by atoms with Crippen LogP contribution in [0.4, 0.5) is 0 Å². The van der Waals surface area contributed by atoms with E-state index in [1.165, 1.54) is 33.8 Å². The van der Waals surface area contributed by atoms with E-state index in [2.05, 4.69) is 63.8 Å². The Labute approximate surface area is 181 Å². The molecule has 0 atom stereocenters. The van der Waals surface area contributed by atoms with Gasteiger partial charge in [0.2, 0.25) is 0 Å². The molecule has 0 fully saturated rings. The number of pyridine rings is 1. The largest absolute Gasteiger partial charge is 0.303 e. The molecule has 1 aliphatic heterocycles. The first-order chi connectivity index (χ1) is 14.6. The molecule has 5 nitrogen and oxygen atoms in total. The summed E-state index contributed by atoms with van der Waals surface area (Å²) in [6.45, 7) is 9.32. The van der Waals surface area contributed by atoms with Crippen molar-refractivity contribution in [2.24, 2.45) is 0 Å². The van der Waals surface area contributed by atoms with Crippen molar-refractivity contribution in [2.75, 3.05) is 6.54 Å². The zero-order valence-corrected chi connectivity index (χ0v) is 18.4. The molecule has 0 bridgehead atoms. The van der Waals surface area contributed by atoms with E-state index >= 15 is 0 Å². The fourth-order valence-corrected chi connectivity index (χ4v) is 4.97. The van der Waals surface area contributed by atoms with Gasteiger partial charge in [0.05, 0.1) is 10.6 Å².